The molecule has 0 saturated carbocycles. The van der Waals surface area contributed by atoms with Crippen LogP contribution >= 0.6 is 0 Å². The van der Waals surface area contributed by atoms with E-state index < -0.39 is 5.97 Å². The highest BCUT2D eigenvalue weighted by molar-refractivity contribution is 5.89. The van der Waals surface area contributed by atoms with Crippen molar-refractivity contribution >= 4 is 23.4 Å². The quantitative estimate of drug-likeness (QED) is 0.319. The van der Waals surface area contributed by atoms with Gasteiger partial charge in [-0.3, -0.25) is 0 Å². The molecule has 38 heavy (non-hydrogen) atoms. The summed E-state index contributed by atoms with van der Waals surface area (Å²) >= 11 is 0. The van der Waals surface area contributed by atoms with Crippen LogP contribution in [0.15, 0.2) is 72.8 Å². The average molecular weight is 508 g/mol. The Kier molecular flexibility index (Phi) is 7.00. The fourth-order valence-corrected chi connectivity index (χ4v) is 4.68. The van der Waals surface area contributed by atoms with E-state index in [-0.39, 0.29) is 18.5 Å². The molecule has 0 fully saturated rings. The third-order valence-corrected chi connectivity index (χ3v) is 6.76. The van der Waals surface area contributed by atoms with Crippen molar-refractivity contribution in [3.05, 3.63) is 112 Å². The number of benzene rings is 3. The lowest BCUT2D eigenvalue weighted by atomic mass is 9.93. The lowest BCUT2D eigenvalue weighted by Gasteiger charge is -2.37. The summed E-state index contributed by atoms with van der Waals surface area (Å²) in [6, 6.07) is 22.8. The normalized spacial score (nSPS) is 14.4. The summed E-state index contributed by atoms with van der Waals surface area (Å²) in [6.07, 6.45) is 0.879. The number of nitriles is 1. The zero-order valence-electron chi connectivity index (χ0n) is 21.1. The van der Waals surface area contributed by atoms with E-state index in [0.29, 0.717) is 28.5 Å². The van der Waals surface area contributed by atoms with Gasteiger partial charge >= 0.3 is 5.97 Å². The maximum atomic E-state index is 13.4. The Morgan fingerprint density at radius 1 is 1.13 bits per heavy atom. The molecule has 3 aromatic carbocycles. The van der Waals surface area contributed by atoms with E-state index in [4.69, 9.17) is 15.0 Å². The first-order valence-electron chi connectivity index (χ1n) is 12.3. The maximum Gasteiger partial charge on any atom is 0.338 e. The minimum absolute atomic E-state index is 0.0755. The van der Waals surface area contributed by atoms with Crippen molar-refractivity contribution in [3.8, 4) is 6.07 Å². The predicted octanol–water partition coefficient (Wildman–Crippen LogP) is 6.02. The van der Waals surface area contributed by atoms with Gasteiger partial charge in [0.25, 0.3) is 0 Å². The SMILES string of the molecule is Cc1c(COC(=O)c2cccc(C#N)c2)nc(Nc2ccc(F)cc2)nc1N1CCc2ccccc2C1C. The number of nitrogens with zero attached hydrogens (tertiary/aromatic N) is 4. The van der Waals surface area contributed by atoms with E-state index in [1.807, 2.05) is 19.1 Å². The van der Waals surface area contributed by atoms with Crippen LogP contribution < -0.4 is 10.2 Å². The van der Waals surface area contributed by atoms with Crippen LogP contribution in [0, 0.1) is 24.1 Å². The van der Waals surface area contributed by atoms with Crippen molar-refractivity contribution in [1.29, 1.82) is 5.26 Å². The van der Waals surface area contributed by atoms with Gasteiger partial charge in [-0.1, -0.05) is 30.3 Å². The van der Waals surface area contributed by atoms with E-state index in [9.17, 15) is 9.18 Å². The number of anilines is 3. The second-order valence-corrected chi connectivity index (χ2v) is 9.16. The molecule has 1 N–H and O–H groups in total. The summed E-state index contributed by atoms with van der Waals surface area (Å²) in [7, 11) is 0. The number of fused-ring (bicyclic) bond motifs is 1. The lowest BCUT2D eigenvalue weighted by molar-refractivity contribution is 0.0467. The van der Waals surface area contributed by atoms with E-state index in [1.165, 1.54) is 29.3 Å². The Morgan fingerprint density at radius 2 is 1.92 bits per heavy atom. The zero-order valence-corrected chi connectivity index (χ0v) is 21.1. The fourth-order valence-electron chi connectivity index (χ4n) is 4.68. The van der Waals surface area contributed by atoms with E-state index >= 15 is 0 Å². The fraction of sp³-hybridized carbons (Fsp3) is 0.200. The summed E-state index contributed by atoms with van der Waals surface area (Å²) in [4.78, 5) is 24.5. The average Bonchev–Trinajstić information content (AvgIpc) is 2.94. The summed E-state index contributed by atoms with van der Waals surface area (Å²) in [5.74, 6) is 0.176. The Hall–Kier alpha value is -4.77. The van der Waals surface area contributed by atoms with E-state index in [2.05, 4.69) is 40.3 Å². The second-order valence-electron chi connectivity index (χ2n) is 9.16. The van der Waals surface area contributed by atoms with Crippen LogP contribution in [-0.4, -0.2) is 22.5 Å². The van der Waals surface area contributed by atoms with Gasteiger partial charge in [0, 0.05) is 17.8 Å². The molecule has 0 aliphatic carbocycles. The summed E-state index contributed by atoms with van der Waals surface area (Å²) in [5, 5.41) is 12.3. The number of halogens is 1. The van der Waals surface area contributed by atoms with Crippen LogP contribution in [0.3, 0.4) is 0 Å². The van der Waals surface area contributed by atoms with Gasteiger partial charge in [0.2, 0.25) is 5.95 Å². The topological polar surface area (TPSA) is 91.1 Å². The summed E-state index contributed by atoms with van der Waals surface area (Å²) in [5.41, 5.74) is 5.23. The molecular formula is C30H26FN5O2. The molecular weight excluding hydrogens is 481 g/mol. The first kappa shape index (κ1) is 24.9. The van der Waals surface area contributed by atoms with Gasteiger partial charge in [-0.25, -0.2) is 14.2 Å². The molecule has 1 unspecified atom stereocenters. The smallest absolute Gasteiger partial charge is 0.338 e. The van der Waals surface area contributed by atoms with Gasteiger partial charge in [0.05, 0.1) is 28.9 Å². The zero-order chi connectivity index (χ0) is 26.6. The highest BCUT2D eigenvalue weighted by atomic mass is 19.1. The largest absolute Gasteiger partial charge is 0.456 e. The molecule has 190 valence electrons. The van der Waals surface area contributed by atoms with Crippen molar-refractivity contribution < 1.29 is 13.9 Å². The van der Waals surface area contributed by atoms with Crippen molar-refractivity contribution in [1.82, 2.24) is 9.97 Å². The molecule has 2 heterocycles. The van der Waals surface area contributed by atoms with Crippen LogP contribution in [0.1, 0.15) is 51.3 Å². The molecule has 0 radical (unpaired) electrons. The molecule has 8 heteroatoms. The first-order chi connectivity index (χ1) is 18.4. The summed E-state index contributed by atoms with van der Waals surface area (Å²) in [6.45, 7) is 4.76. The molecule has 1 aliphatic heterocycles. The minimum Gasteiger partial charge on any atom is -0.456 e. The summed E-state index contributed by atoms with van der Waals surface area (Å²) < 4.78 is 19.1. The van der Waals surface area contributed by atoms with Crippen molar-refractivity contribution in [2.45, 2.75) is 32.9 Å². The Labute approximate surface area is 220 Å². The van der Waals surface area contributed by atoms with Crippen LogP contribution in [-0.2, 0) is 17.8 Å². The third kappa shape index (κ3) is 5.18. The van der Waals surface area contributed by atoms with Gasteiger partial charge < -0.3 is 15.0 Å². The molecule has 1 aromatic heterocycles. The van der Waals surface area contributed by atoms with Gasteiger partial charge in [0.15, 0.2) is 0 Å². The standard InChI is InChI=1S/C30H26FN5O2/c1-19-27(18-38-29(37)23-8-5-6-21(16-23)17-32)34-30(33-25-12-10-24(31)11-13-25)35-28(19)36-15-14-22-7-3-4-9-26(22)20(36)2/h3-13,16,20H,14-15,18H2,1-2H3,(H,33,34,35). The Morgan fingerprint density at radius 3 is 2.71 bits per heavy atom. The monoisotopic (exact) mass is 507 g/mol. The number of carbonyl (C=O) groups excluding carboxylic acids is 1. The lowest BCUT2D eigenvalue weighted by Crippen LogP contribution is -2.35. The highest BCUT2D eigenvalue weighted by Gasteiger charge is 2.27. The van der Waals surface area contributed by atoms with E-state index in [0.717, 1.165) is 24.3 Å². The number of ether oxygens (including phenoxy) is 1. The molecule has 7 nitrogen and oxygen atoms in total. The maximum absolute atomic E-state index is 13.4. The number of carbonyl (C=O) groups is 1. The van der Waals surface area contributed by atoms with Crippen LogP contribution in [0.4, 0.5) is 21.8 Å². The van der Waals surface area contributed by atoms with Crippen LogP contribution in [0.5, 0.6) is 0 Å². The van der Waals surface area contributed by atoms with Crippen LogP contribution in [0.25, 0.3) is 0 Å². The number of nitrogens with one attached hydrogen (secondary N) is 1. The first-order valence-corrected chi connectivity index (χ1v) is 12.3. The van der Waals surface area contributed by atoms with Gasteiger partial charge in [-0.15, -0.1) is 0 Å². The minimum atomic E-state index is -0.546. The number of rotatable bonds is 6. The van der Waals surface area contributed by atoms with Gasteiger partial charge in [-0.2, -0.15) is 10.2 Å². The number of esters is 1. The number of aromatic nitrogens is 2. The molecule has 5 rings (SSSR count). The Bertz CT molecular complexity index is 1530. The highest BCUT2D eigenvalue weighted by Crippen LogP contribution is 2.35. The number of hydrogen-bond acceptors (Lipinski definition) is 7. The van der Waals surface area contributed by atoms with E-state index in [1.54, 1.807) is 30.3 Å². The predicted molar refractivity (Wildman–Crippen MR) is 143 cm³/mol. The second kappa shape index (κ2) is 10.7. The molecule has 0 spiro atoms. The molecule has 0 saturated heterocycles. The van der Waals surface area contributed by atoms with Crippen molar-refractivity contribution in [2.75, 3.05) is 16.8 Å². The molecule has 4 aromatic rings. The molecule has 1 atom stereocenters. The third-order valence-electron chi connectivity index (χ3n) is 6.76. The molecule has 0 bridgehead atoms. The molecule has 0 amide bonds. The Balaban J connectivity index is 1.47. The van der Waals surface area contributed by atoms with Crippen LogP contribution in [0.2, 0.25) is 0 Å². The van der Waals surface area contributed by atoms with Crippen molar-refractivity contribution in [3.63, 3.8) is 0 Å². The molecule has 1 aliphatic rings. The van der Waals surface area contributed by atoms with Crippen molar-refractivity contribution in [2.24, 2.45) is 0 Å². The van der Waals surface area contributed by atoms with Gasteiger partial charge in [0.1, 0.15) is 18.2 Å². The van der Waals surface area contributed by atoms with Gasteiger partial charge in [-0.05, 0) is 73.9 Å². The number of hydrogen-bond donors (Lipinski definition) is 1.